The van der Waals surface area contributed by atoms with Crippen molar-refractivity contribution in [3.63, 3.8) is 0 Å². The highest BCUT2D eigenvalue weighted by Gasteiger charge is 2.57. The van der Waals surface area contributed by atoms with Gasteiger partial charge in [0.1, 0.15) is 12.6 Å². The molecular formula is C38H59N3O15Si4. The summed E-state index contributed by atoms with van der Waals surface area (Å²) in [5.74, 6) is -7.63. The monoisotopic (exact) mass is 909 g/mol. The Hall–Kier alpha value is -3.52. The van der Waals surface area contributed by atoms with E-state index in [1.165, 1.54) is 20.8 Å². The van der Waals surface area contributed by atoms with Crippen LogP contribution in [0.2, 0.25) is 50.4 Å². The number of hydrogen-bond donors (Lipinski definition) is 0. The van der Waals surface area contributed by atoms with Gasteiger partial charge in [-0.3, -0.25) is 43.2 Å². The maximum atomic E-state index is 13.0. The zero-order valence-corrected chi connectivity index (χ0v) is 39.7. The molecule has 9 amide bonds. The number of nitrogens with zero attached hydrogens (tertiary/aromatic N) is 3. The standard InChI is InChI=1S/C38H59N3O15Si4/c1-26(44)39-33(47)22-30(36(39)50)13-9-19-58(5)53-57(4,18-8-12-29(25-43)16-17-42)54-59(6,20-10-14-31-23-34(48)40(27(2)45)37(31)51)56-60(7,55-58)21-11-15-32-24-35(49)41(28(3)46)38(32)52/h17,25,29-32H,8-16,18-24H2,1-7H3. The second-order valence-electron chi connectivity index (χ2n) is 17.3. The minimum Gasteiger partial charge on any atom is -0.416 e. The Kier molecular flexibility index (Phi) is 16.5. The molecule has 60 heavy (non-hydrogen) atoms. The quantitative estimate of drug-likeness (QED) is 0.102. The van der Waals surface area contributed by atoms with Crippen LogP contribution in [0.3, 0.4) is 0 Å². The van der Waals surface area contributed by atoms with Gasteiger partial charge in [-0.15, -0.1) is 0 Å². The first-order chi connectivity index (χ1) is 28.0. The molecule has 4 rings (SSSR count). The first-order valence-electron chi connectivity index (χ1n) is 20.8. The molecule has 18 nitrogen and oxygen atoms in total. The molecule has 0 aromatic rings. The topological polar surface area (TPSA) is 234 Å². The number of rotatable bonds is 19. The van der Waals surface area contributed by atoms with E-state index in [4.69, 9.17) is 16.5 Å². The zero-order chi connectivity index (χ0) is 44.8. The third-order valence-corrected chi connectivity index (χ3v) is 30.6. The molecule has 6 atom stereocenters. The van der Waals surface area contributed by atoms with Crippen LogP contribution in [0, 0.1) is 23.7 Å². The summed E-state index contributed by atoms with van der Waals surface area (Å²) in [4.78, 5) is 137. The van der Waals surface area contributed by atoms with Crippen molar-refractivity contribution in [2.75, 3.05) is 0 Å². The summed E-state index contributed by atoms with van der Waals surface area (Å²) >= 11 is 0. The van der Waals surface area contributed by atoms with Crippen molar-refractivity contribution < 1.29 is 69.2 Å². The molecule has 0 radical (unpaired) electrons. The van der Waals surface area contributed by atoms with Crippen molar-refractivity contribution in [3.05, 3.63) is 0 Å². The molecule has 4 saturated heterocycles. The molecule has 22 heteroatoms. The van der Waals surface area contributed by atoms with Crippen molar-refractivity contribution in [1.29, 1.82) is 0 Å². The summed E-state index contributed by atoms with van der Waals surface area (Å²) in [5, 5.41) is 0. The summed E-state index contributed by atoms with van der Waals surface area (Å²) in [6.07, 6.45) is 4.35. The van der Waals surface area contributed by atoms with Crippen molar-refractivity contribution >= 4 is 100.0 Å². The van der Waals surface area contributed by atoms with Crippen molar-refractivity contribution in [2.24, 2.45) is 23.7 Å². The average Bonchev–Trinajstić information content (AvgIpc) is 3.69. The van der Waals surface area contributed by atoms with Gasteiger partial charge in [0.2, 0.25) is 53.2 Å². The second-order valence-corrected chi connectivity index (χ2v) is 31.6. The molecular weight excluding hydrogens is 851 g/mol. The van der Waals surface area contributed by atoms with E-state index in [0.29, 0.717) is 96.5 Å². The Balaban J connectivity index is 1.61. The SMILES string of the molecule is CC(=O)N1C(=O)CC(CCC[Si]2(C)O[Si](C)(CCCC(C=O)CC=O)O[Si](C)(CCCC3CC(=O)N(C(C)=O)C3=O)O[Si](C)(CCCC3CC(=O)N(C(C)=O)C3=O)O2)C1=O. The lowest BCUT2D eigenvalue weighted by molar-refractivity contribution is -0.151. The molecule has 0 N–H and O–H groups in total. The predicted molar refractivity (Wildman–Crippen MR) is 219 cm³/mol. The van der Waals surface area contributed by atoms with Gasteiger partial charge < -0.3 is 26.0 Å². The van der Waals surface area contributed by atoms with E-state index >= 15 is 0 Å². The fourth-order valence-corrected chi connectivity index (χ4v) is 32.6. The second kappa shape index (κ2) is 20.1. The van der Waals surface area contributed by atoms with Crippen LogP contribution in [0.5, 0.6) is 0 Å². The van der Waals surface area contributed by atoms with Crippen LogP contribution in [0.15, 0.2) is 0 Å². The molecule has 4 heterocycles. The lowest BCUT2D eigenvalue weighted by atomic mass is 10.0. The minimum absolute atomic E-state index is 0.0803. The average molecular weight is 910 g/mol. The van der Waals surface area contributed by atoms with Crippen LogP contribution < -0.4 is 0 Å². The van der Waals surface area contributed by atoms with Gasteiger partial charge in [-0.25, -0.2) is 14.7 Å². The van der Waals surface area contributed by atoms with E-state index < -0.39 is 111 Å². The Morgan fingerprint density at radius 3 is 1.07 bits per heavy atom. The molecule has 0 aromatic carbocycles. The summed E-state index contributed by atoms with van der Waals surface area (Å²) < 4.78 is 28.7. The van der Waals surface area contributed by atoms with E-state index in [0.717, 1.165) is 6.29 Å². The van der Waals surface area contributed by atoms with Crippen molar-refractivity contribution in [2.45, 2.75) is 148 Å². The highest BCUT2D eigenvalue weighted by Crippen LogP contribution is 2.41. The van der Waals surface area contributed by atoms with Gasteiger partial charge in [0.15, 0.2) is 0 Å². The predicted octanol–water partition coefficient (Wildman–Crippen LogP) is 3.64. The number of hydrogen-bond acceptors (Lipinski definition) is 15. The van der Waals surface area contributed by atoms with Gasteiger partial charge in [0, 0.05) is 70.1 Å². The van der Waals surface area contributed by atoms with Crippen LogP contribution in [0.1, 0.15) is 97.8 Å². The molecule has 4 aliphatic rings. The molecule has 0 saturated carbocycles. The maximum Gasteiger partial charge on any atom is 0.317 e. The summed E-state index contributed by atoms with van der Waals surface area (Å²) in [6, 6.07) is 1.53. The molecule has 4 fully saturated rings. The van der Waals surface area contributed by atoms with E-state index in [9.17, 15) is 52.7 Å². The normalized spacial score (nSPS) is 31.8. The number of aldehydes is 2. The lowest BCUT2D eigenvalue weighted by Gasteiger charge is -2.50. The largest absolute Gasteiger partial charge is 0.416 e. The third-order valence-electron chi connectivity index (χ3n) is 11.7. The zero-order valence-electron chi connectivity index (χ0n) is 35.7. The Bertz CT molecular complexity index is 1710. The van der Waals surface area contributed by atoms with E-state index in [-0.39, 0.29) is 25.7 Å². The van der Waals surface area contributed by atoms with Gasteiger partial charge in [-0.1, -0.05) is 25.7 Å². The van der Waals surface area contributed by atoms with Crippen LogP contribution in [0.25, 0.3) is 0 Å². The fourth-order valence-electron chi connectivity index (χ4n) is 9.13. The summed E-state index contributed by atoms with van der Waals surface area (Å²) in [5.41, 5.74) is 0. The fraction of sp³-hybridized carbons (Fsp3) is 0.711. The molecule has 0 bridgehead atoms. The van der Waals surface area contributed by atoms with Gasteiger partial charge in [0.25, 0.3) is 0 Å². The Labute approximate surface area is 354 Å². The first kappa shape index (κ1) is 49.1. The summed E-state index contributed by atoms with van der Waals surface area (Å²) in [7, 11) is -13.3. The maximum absolute atomic E-state index is 13.0. The third kappa shape index (κ3) is 12.1. The van der Waals surface area contributed by atoms with E-state index in [1.807, 2.05) is 26.2 Å². The first-order valence-corrected chi connectivity index (χ1v) is 30.9. The van der Waals surface area contributed by atoms with Crippen molar-refractivity contribution in [3.8, 4) is 0 Å². The molecule has 0 aromatic heterocycles. The molecule has 0 aliphatic carbocycles. The number of carbonyl (C=O) groups excluding carboxylic acids is 11. The number of carbonyl (C=O) groups is 11. The van der Waals surface area contributed by atoms with Crippen LogP contribution >= 0.6 is 0 Å². The molecule has 4 aliphatic heterocycles. The number of amides is 9. The highest BCUT2D eigenvalue weighted by atomic mass is 28.5. The number of likely N-dealkylation sites (tertiary alicyclic amines) is 3. The van der Waals surface area contributed by atoms with Crippen LogP contribution in [0.4, 0.5) is 0 Å². The van der Waals surface area contributed by atoms with Crippen LogP contribution in [-0.4, -0.2) is 115 Å². The minimum atomic E-state index is -3.35. The van der Waals surface area contributed by atoms with Gasteiger partial charge in [0.05, 0.1) is 0 Å². The van der Waals surface area contributed by atoms with Crippen molar-refractivity contribution in [1.82, 2.24) is 14.7 Å². The van der Waals surface area contributed by atoms with Crippen LogP contribution in [-0.2, 0) is 69.2 Å². The summed E-state index contributed by atoms with van der Waals surface area (Å²) in [6.45, 7) is 11.1. The Morgan fingerprint density at radius 2 is 0.833 bits per heavy atom. The molecule has 332 valence electrons. The molecule has 6 unspecified atom stereocenters. The van der Waals surface area contributed by atoms with E-state index in [2.05, 4.69) is 0 Å². The van der Waals surface area contributed by atoms with Gasteiger partial charge in [-0.2, -0.15) is 0 Å². The van der Waals surface area contributed by atoms with Gasteiger partial charge >= 0.3 is 34.2 Å². The van der Waals surface area contributed by atoms with Gasteiger partial charge in [-0.05, 0) is 76.0 Å². The molecule has 0 spiro atoms. The highest BCUT2D eigenvalue weighted by molar-refractivity contribution is 6.93. The smallest absolute Gasteiger partial charge is 0.317 e. The Morgan fingerprint density at radius 1 is 0.550 bits per heavy atom. The lowest BCUT2D eigenvalue weighted by Crippen LogP contribution is -2.67. The van der Waals surface area contributed by atoms with E-state index in [1.54, 1.807) is 0 Å². The number of imide groups is 9.